The van der Waals surface area contributed by atoms with Crippen molar-refractivity contribution < 1.29 is 18.5 Å². The number of carbonyl (C=O) groups is 1. The molecule has 0 amide bonds. The van der Waals surface area contributed by atoms with Crippen LogP contribution in [0.15, 0.2) is 6.20 Å². The molecule has 0 unspecified atom stereocenters. The summed E-state index contributed by atoms with van der Waals surface area (Å²) in [5, 5.41) is 9.30. The average Bonchev–Trinajstić information content (AvgIpc) is 2.15. The van der Waals surface area contributed by atoms with Gasteiger partial charge in [0.1, 0.15) is 11.8 Å². The van der Waals surface area contributed by atoms with Gasteiger partial charge in [0.05, 0.1) is 5.56 Å². The van der Waals surface area contributed by atoms with Crippen molar-refractivity contribution in [3.63, 3.8) is 0 Å². The molecule has 0 aromatic carbocycles. The van der Waals surface area contributed by atoms with Gasteiger partial charge in [-0.15, -0.1) is 0 Å². The zero-order chi connectivity index (χ0) is 12.5. The van der Waals surface area contributed by atoms with Crippen LogP contribution >= 0.6 is 11.6 Å². The number of alkyl halides is 2. The highest BCUT2D eigenvalue weighted by Crippen LogP contribution is 2.32. The largest absolute Gasteiger partial charge is 0.373 e. The molecule has 0 saturated carbocycles. The zero-order valence-electron chi connectivity index (χ0n) is 7.91. The minimum Gasteiger partial charge on any atom is -0.358 e. The molecule has 16 heavy (non-hydrogen) atoms. The number of aryl methyl sites for hydroxylation is 1. The van der Waals surface area contributed by atoms with Crippen LogP contribution in [-0.2, 0) is 0 Å². The fourth-order valence-electron chi connectivity index (χ4n) is 1.23. The molecule has 0 fully saturated rings. The van der Waals surface area contributed by atoms with Crippen LogP contribution in [-0.4, -0.2) is 15.1 Å². The number of halogens is 3. The molecule has 0 aliphatic rings. The van der Waals surface area contributed by atoms with Gasteiger partial charge in [0.2, 0.25) is 0 Å². The molecular weight excluding hydrogens is 246 g/mol. The lowest BCUT2D eigenvalue weighted by Crippen LogP contribution is -2.08. The Balaban J connectivity index is 3.63. The third-order valence-electron chi connectivity index (χ3n) is 1.87. The van der Waals surface area contributed by atoms with Crippen LogP contribution in [0, 0.1) is 17.0 Å². The molecule has 0 saturated heterocycles. The van der Waals surface area contributed by atoms with Crippen LogP contribution < -0.4 is 0 Å². The Morgan fingerprint density at radius 3 is 2.56 bits per heavy atom. The number of nitro groups is 1. The Kier molecular flexibility index (Phi) is 3.48. The zero-order valence-corrected chi connectivity index (χ0v) is 8.66. The van der Waals surface area contributed by atoms with Gasteiger partial charge < -0.3 is 10.1 Å². The molecule has 0 N–H and O–H groups in total. The molecule has 1 heterocycles. The number of nitrogens with zero attached hydrogens (tertiary/aromatic N) is 2. The van der Waals surface area contributed by atoms with Gasteiger partial charge in [0.15, 0.2) is 0 Å². The van der Waals surface area contributed by atoms with Gasteiger partial charge in [-0.3, -0.25) is 4.79 Å². The molecule has 0 aliphatic carbocycles. The molecule has 1 aromatic heterocycles. The topological polar surface area (TPSA) is 73.1 Å². The first-order chi connectivity index (χ1) is 7.36. The molecule has 5 nitrogen and oxygen atoms in total. The van der Waals surface area contributed by atoms with Crippen LogP contribution in [0.1, 0.15) is 27.9 Å². The van der Waals surface area contributed by atoms with Crippen LogP contribution in [0.25, 0.3) is 0 Å². The minimum absolute atomic E-state index is 0.0703. The Labute approximate surface area is 93.2 Å². The Hall–Kier alpha value is -1.63. The van der Waals surface area contributed by atoms with Crippen molar-refractivity contribution in [2.45, 2.75) is 13.3 Å². The average molecular weight is 251 g/mol. The van der Waals surface area contributed by atoms with Crippen molar-refractivity contribution in [2.24, 2.45) is 0 Å². The molecule has 8 heteroatoms. The summed E-state index contributed by atoms with van der Waals surface area (Å²) >= 11 is 5.11. The molecule has 0 atom stereocenters. The van der Waals surface area contributed by atoms with Crippen LogP contribution in [0.2, 0.25) is 0 Å². The van der Waals surface area contributed by atoms with E-state index in [4.69, 9.17) is 11.6 Å². The normalized spacial score (nSPS) is 10.6. The molecule has 0 aliphatic heterocycles. The maximum Gasteiger partial charge on any atom is 0.373 e. The highest BCUT2D eigenvalue weighted by atomic mass is 35.5. The Morgan fingerprint density at radius 1 is 1.62 bits per heavy atom. The van der Waals surface area contributed by atoms with E-state index in [2.05, 4.69) is 4.98 Å². The van der Waals surface area contributed by atoms with E-state index in [0.29, 0.717) is 0 Å². The standard InChI is InChI=1S/C8H5ClF2N2O3/c1-3-2-12-8(13(15)16)5(7(10)11)4(3)6(9)14/h2,7H,1H3. The van der Waals surface area contributed by atoms with E-state index in [1.54, 1.807) is 0 Å². The first-order valence-corrected chi connectivity index (χ1v) is 4.36. The predicted molar refractivity (Wildman–Crippen MR) is 50.8 cm³/mol. The van der Waals surface area contributed by atoms with Gasteiger partial charge in [-0.2, -0.15) is 0 Å². The van der Waals surface area contributed by atoms with E-state index >= 15 is 0 Å². The van der Waals surface area contributed by atoms with Crippen LogP contribution in [0.3, 0.4) is 0 Å². The fourth-order valence-corrected chi connectivity index (χ4v) is 1.48. The highest BCUT2D eigenvalue weighted by molar-refractivity contribution is 6.68. The summed E-state index contributed by atoms with van der Waals surface area (Å²) in [6.07, 6.45) is -2.23. The second kappa shape index (κ2) is 4.48. The number of aromatic nitrogens is 1. The SMILES string of the molecule is Cc1cnc([N+](=O)[O-])c(C(F)F)c1C(=O)Cl. The molecular formula is C8H5ClF2N2O3. The third kappa shape index (κ3) is 2.13. The quantitative estimate of drug-likeness (QED) is 0.469. The summed E-state index contributed by atoms with van der Waals surface area (Å²) in [5.74, 6) is -1.05. The van der Waals surface area contributed by atoms with Crippen LogP contribution in [0.5, 0.6) is 0 Å². The van der Waals surface area contributed by atoms with Crippen molar-refractivity contribution in [3.8, 4) is 0 Å². The maximum absolute atomic E-state index is 12.6. The number of rotatable bonds is 3. The minimum atomic E-state index is -3.19. The highest BCUT2D eigenvalue weighted by Gasteiger charge is 2.31. The van der Waals surface area contributed by atoms with E-state index in [1.807, 2.05) is 0 Å². The fraction of sp³-hybridized carbons (Fsp3) is 0.250. The van der Waals surface area contributed by atoms with Crippen molar-refractivity contribution in [1.29, 1.82) is 0 Å². The van der Waals surface area contributed by atoms with Gasteiger partial charge in [0, 0.05) is 5.56 Å². The summed E-state index contributed by atoms with van der Waals surface area (Å²) < 4.78 is 25.3. The summed E-state index contributed by atoms with van der Waals surface area (Å²) in [6.45, 7) is 1.32. The van der Waals surface area contributed by atoms with Gasteiger partial charge >= 0.3 is 5.82 Å². The molecule has 1 aromatic rings. The van der Waals surface area contributed by atoms with E-state index in [1.165, 1.54) is 6.92 Å². The Morgan fingerprint density at radius 2 is 2.19 bits per heavy atom. The van der Waals surface area contributed by atoms with Crippen molar-refractivity contribution in [2.75, 3.05) is 0 Å². The lowest BCUT2D eigenvalue weighted by Gasteiger charge is -2.07. The monoisotopic (exact) mass is 250 g/mol. The van der Waals surface area contributed by atoms with E-state index in [-0.39, 0.29) is 5.56 Å². The number of hydrogen-bond donors (Lipinski definition) is 0. The van der Waals surface area contributed by atoms with Crippen LogP contribution in [0.4, 0.5) is 14.6 Å². The third-order valence-corrected chi connectivity index (χ3v) is 2.06. The van der Waals surface area contributed by atoms with Gasteiger partial charge in [-0.1, -0.05) is 0 Å². The van der Waals surface area contributed by atoms with Gasteiger partial charge in [-0.25, -0.2) is 8.78 Å². The molecule has 1 rings (SSSR count). The number of carbonyl (C=O) groups excluding carboxylic acids is 1. The summed E-state index contributed by atoms with van der Waals surface area (Å²) in [6, 6.07) is 0. The Bertz CT molecular complexity index is 465. The van der Waals surface area contributed by atoms with Gasteiger partial charge in [-0.05, 0) is 28.4 Å². The molecule has 0 radical (unpaired) electrons. The molecule has 86 valence electrons. The lowest BCUT2D eigenvalue weighted by atomic mass is 10.1. The van der Waals surface area contributed by atoms with Crippen molar-refractivity contribution >= 4 is 22.7 Å². The maximum atomic E-state index is 12.6. The van der Waals surface area contributed by atoms with E-state index in [9.17, 15) is 23.7 Å². The van der Waals surface area contributed by atoms with Crippen molar-refractivity contribution in [3.05, 3.63) is 33.0 Å². The number of pyridine rings is 1. The summed E-state index contributed by atoms with van der Waals surface area (Å²) in [7, 11) is 0. The molecule has 0 spiro atoms. The van der Waals surface area contributed by atoms with Gasteiger partial charge in [0.25, 0.3) is 11.7 Å². The van der Waals surface area contributed by atoms with E-state index in [0.717, 1.165) is 6.20 Å². The second-order valence-corrected chi connectivity index (χ2v) is 3.23. The second-order valence-electron chi connectivity index (χ2n) is 2.89. The van der Waals surface area contributed by atoms with E-state index < -0.39 is 33.5 Å². The van der Waals surface area contributed by atoms with Crippen molar-refractivity contribution in [1.82, 2.24) is 4.98 Å². The summed E-state index contributed by atoms with van der Waals surface area (Å²) in [5.41, 5.74) is -1.52. The molecule has 0 bridgehead atoms. The number of hydrogen-bond acceptors (Lipinski definition) is 4. The first kappa shape index (κ1) is 12.4. The first-order valence-electron chi connectivity index (χ1n) is 3.98. The smallest absolute Gasteiger partial charge is 0.358 e. The lowest BCUT2D eigenvalue weighted by molar-refractivity contribution is -0.391. The summed E-state index contributed by atoms with van der Waals surface area (Å²) in [4.78, 5) is 23.6. The predicted octanol–water partition coefficient (Wildman–Crippen LogP) is 2.61.